The van der Waals surface area contributed by atoms with E-state index < -0.39 is 10.6 Å². The fourth-order valence-corrected chi connectivity index (χ4v) is 5.08. The lowest BCUT2D eigenvalue weighted by Gasteiger charge is -2.40. The first kappa shape index (κ1) is 20.3. The molecule has 3 aromatic rings. The van der Waals surface area contributed by atoms with Crippen molar-refractivity contribution in [3.63, 3.8) is 0 Å². The first-order valence-electron chi connectivity index (χ1n) is 8.94. The van der Waals surface area contributed by atoms with E-state index in [1.807, 2.05) is 23.9 Å². The molecule has 29 heavy (non-hydrogen) atoms. The highest BCUT2D eigenvalue weighted by molar-refractivity contribution is 8.24. The van der Waals surface area contributed by atoms with Crippen molar-refractivity contribution in [1.82, 2.24) is 14.5 Å². The molecule has 7 nitrogen and oxygen atoms in total. The van der Waals surface area contributed by atoms with Crippen molar-refractivity contribution in [2.45, 2.75) is 0 Å². The molecular formula is C19H20Cl2N4O3S. The number of hydrogen-bond donors (Lipinski definition) is 3. The van der Waals surface area contributed by atoms with E-state index in [1.165, 1.54) is 0 Å². The van der Waals surface area contributed by atoms with Gasteiger partial charge in [0.05, 0.1) is 33.3 Å². The largest absolute Gasteiger partial charge is 0.350 e. The summed E-state index contributed by atoms with van der Waals surface area (Å²) in [6.45, 7) is 0.626. The SMILES string of the molecule is Cn1ccc2c(Nc3ccc(Cl)cc3Cl)ncc(C(=O)N3CCS(O)(O)CC3)c21. The third-order valence-corrected chi connectivity index (χ3v) is 7.20. The smallest absolute Gasteiger partial charge is 0.257 e. The predicted octanol–water partition coefficient (Wildman–Crippen LogP) is 4.83. The maximum Gasteiger partial charge on any atom is 0.257 e. The number of aromatic nitrogens is 2. The summed E-state index contributed by atoms with van der Waals surface area (Å²) in [5.41, 5.74) is 1.88. The van der Waals surface area contributed by atoms with Crippen LogP contribution in [0.1, 0.15) is 10.4 Å². The van der Waals surface area contributed by atoms with Crippen LogP contribution in [0.5, 0.6) is 0 Å². The number of halogens is 2. The number of carbonyl (C=O) groups is 1. The van der Waals surface area contributed by atoms with Crippen molar-refractivity contribution in [3.8, 4) is 0 Å². The molecule has 0 bridgehead atoms. The fourth-order valence-electron chi connectivity index (χ4n) is 3.39. The van der Waals surface area contributed by atoms with Gasteiger partial charge in [-0.1, -0.05) is 23.2 Å². The molecule has 0 unspecified atom stereocenters. The van der Waals surface area contributed by atoms with Gasteiger partial charge in [-0.25, -0.2) is 4.98 Å². The van der Waals surface area contributed by atoms with Gasteiger partial charge >= 0.3 is 0 Å². The molecular weight excluding hydrogens is 435 g/mol. The summed E-state index contributed by atoms with van der Waals surface area (Å²) < 4.78 is 21.5. The first-order valence-corrected chi connectivity index (χ1v) is 11.6. The van der Waals surface area contributed by atoms with Crippen molar-refractivity contribution in [1.29, 1.82) is 0 Å². The maximum atomic E-state index is 13.1. The van der Waals surface area contributed by atoms with Crippen LogP contribution in [0.25, 0.3) is 10.9 Å². The quantitative estimate of drug-likeness (QED) is 0.526. The van der Waals surface area contributed by atoms with Gasteiger partial charge in [-0.2, -0.15) is 10.6 Å². The molecule has 4 rings (SSSR count). The Morgan fingerprint density at radius 3 is 2.62 bits per heavy atom. The van der Waals surface area contributed by atoms with Crippen molar-refractivity contribution in [2.24, 2.45) is 7.05 Å². The van der Waals surface area contributed by atoms with Crippen molar-refractivity contribution >= 4 is 62.1 Å². The molecule has 1 aromatic carbocycles. The number of hydrogen-bond acceptors (Lipinski definition) is 5. The molecule has 154 valence electrons. The van der Waals surface area contributed by atoms with Gasteiger partial charge in [-0.15, -0.1) is 0 Å². The molecule has 3 heterocycles. The van der Waals surface area contributed by atoms with E-state index in [2.05, 4.69) is 10.3 Å². The molecule has 1 amide bonds. The maximum absolute atomic E-state index is 13.1. The van der Waals surface area contributed by atoms with Gasteiger partial charge in [-0.05, 0) is 24.3 Å². The molecule has 1 aliphatic rings. The molecule has 0 saturated carbocycles. The Hall–Kier alpha value is -1.97. The van der Waals surface area contributed by atoms with Gasteiger partial charge in [-0.3, -0.25) is 13.9 Å². The lowest BCUT2D eigenvalue weighted by Crippen LogP contribution is -2.42. The van der Waals surface area contributed by atoms with E-state index in [9.17, 15) is 13.9 Å². The van der Waals surface area contributed by atoms with Crippen molar-refractivity contribution < 1.29 is 13.9 Å². The Morgan fingerprint density at radius 1 is 1.21 bits per heavy atom. The Kier molecular flexibility index (Phi) is 5.39. The molecule has 0 atom stereocenters. The van der Waals surface area contributed by atoms with Crippen molar-refractivity contribution in [3.05, 3.63) is 52.3 Å². The van der Waals surface area contributed by atoms with E-state index in [0.717, 1.165) is 10.9 Å². The summed E-state index contributed by atoms with van der Waals surface area (Å²) in [4.78, 5) is 19.2. The number of amides is 1. The predicted molar refractivity (Wildman–Crippen MR) is 119 cm³/mol. The number of nitrogens with zero attached hydrogens (tertiary/aromatic N) is 3. The third-order valence-electron chi connectivity index (χ3n) is 4.98. The average molecular weight is 455 g/mol. The lowest BCUT2D eigenvalue weighted by atomic mass is 10.1. The molecule has 1 saturated heterocycles. The summed E-state index contributed by atoms with van der Waals surface area (Å²) in [6, 6.07) is 7.03. The van der Waals surface area contributed by atoms with Gasteiger partial charge < -0.3 is 14.8 Å². The minimum Gasteiger partial charge on any atom is -0.350 e. The lowest BCUT2D eigenvalue weighted by molar-refractivity contribution is 0.0769. The second-order valence-electron chi connectivity index (χ2n) is 6.96. The first-order chi connectivity index (χ1) is 13.7. The van der Waals surface area contributed by atoms with Crippen LogP contribution in [0.2, 0.25) is 10.0 Å². The van der Waals surface area contributed by atoms with E-state index in [4.69, 9.17) is 23.2 Å². The number of fused-ring (bicyclic) bond motifs is 1. The molecule has 10 heteroatoms. The number of pyridine rings is 1. The normalized spacial score (nSPS) is 17.3. The second-order valence-corrected chi connectivity index (χ2v) is 10.2. The van der Waals surface area contributed by atoms with E-state index in [-0.39, 0.29) is 17.4 Å². The van der Waals surface area contributed by atoms with E-state index in [0.29, 0.717) is 40.2 Å². The molecule has 2 aromatic heterocycles. The highest BCUT2D eigenvalue weighted by Crippen LogP contribution is 2.41. The summed E-state index contributed by atoms with van der Waals surface area (Å²) in [5, 5.41) is 5.00. The number of benzene rings is 1. The summed E-state index contributed by atoms with van der Waals surface area (Å²) in [6.07, 6.45) is 3.41. The van der Waals surface area contributed by atoms with Crippen LogP contribution in [-0.4, -0.2) is 54.1 Å². The highest BCUT2D eigenvalue weighted by Gasteiger charge is 2.28. The van der Waals surface area contributed by atoms with Crippen LogP contribution >= 0.6 is 33.8 Å². The topological polar surface area (TPSA) is 90.6 Å². The summed E-state index contributed by atoms with van der Waals surface area (Å²) in [5.74, 6) is 0.818. The zero-order valence-corrected chi connectivity index (χ0v) is 17.9. The Bertz CT molecular complexity index is 1090. The number of rotatable bonds is 3. The average Bonchev–Trinajstić information content (AvgIpc) is 3.06. The number of anilines is 2. The third kappa shape index (κ3) is 4.04. The zero-order valence-electron chi connectivity index (χ0n) is 15.6. The number of carbonyl (C=O) groups excluding carboxylic acids is 1. The minimum absolute atomic E-state index is 0.171. The van der Waals surface area contributed by atoms with Gasteiger partial charge in [0.2, 0.25) is 0 Å². The molecule has 0 radical (unpaired) electrons. The summed E-state index contributed by atoms with van der Waals surface area (Å²) in [7, 11) is -0.700. The van der Waals surface area contributed by atoms with Crippen LogP contribution in [0.3, 0.4) is 0 Å². The monoisotopic (exact) mass is 454 g/mol. The van der Waals surface area contributed by atoms with Gasteiger partial charge in [0.15, 0.2) is 0 Å². The van der Waals surface area contributed by atoms with Crippen LogP contribution in [0.4, 0.5) is 11.5 Å². The Balaban J connectivity index is 1.68. The van der Waals surface area contributed by atoms with Crippen LogP contribution in [0.15, 0.2) is 36.7 Å². The standard InChI is InChI=1S/C19H20Cl2N4O3S/c1-24-5-4-13-17(24)14(19(26)25-6-8-29(27,28)9-7-25)11-22-18(13)23-16-3-2-12(20)10-15(16)21/h2-5,10-11,27-28H,6-9H2,1H3,(H,22,23). The Morgan fingerprint density at radius 2 is 1.93 bits per heavy atom. The minimum atomic E-state index is -2.57. The Labute approximate surface area is 179 Å². The molecule has 0 aliphatic carbocycles. The van der Waals surface area contributed by atoms with Crippen LogP contribution in [-0.2, 0) is 7.05 Å². The van der Waals surface area contributed by atoms with Gasteiger partial charge in [0.1, 0.15) is 5.82 Å². The number of aryl methyl sites for hydroxylation is 1. The molecule has 3 N–H and O–H groups in total. The second kappa shape index (κ2) is 7.70. The molecule has 0 spiro atoms. The van der Waals surface area contributed by atoms with Crippen LogP contribution in [0, 0.1) is 0 Å². The van der Waals surface area contributed by atoms with E-state index in [1.54, 1.807) is 29.3 Å². The van der Waals surface area contributed by atoms with E-state index >= 15 is 0 Å². The molecule has 1 fully saturated rings. The molecule has 1 aliphatic heterocycles. The van der Waals surface area contributed by atoms with Gasteiger partial charge in [0.25, 0.3) is 5.91 Å². The highest BCUT2D eigenvalue weighted by atomic mass is 35.5. The van der Waals surface area contributed by atoms with Crippen molar-refractivity contribution in [2.75, 3.05) is 29.9 Å². The zero-order chi connectivity index (χ0) is 20.8. The van der Waals surface area contributed by atoms with Gasteiger partial charge in [0, 0.05) is 42.9 Å². The van der Waals surface area contributed by atoms with Crippen LogP contribution < -0.4 is 5.32 Å². The summed E-state index contributed by atoms with van der Waals surface area (Å²) >= 11 is 12.2. The number of nitrogens with one attached hydrogen (secondary N) is 1. The fraction of sp³-hybridized carbons (Fsp3) is 0.263.